The SMILES string of the molecule is CCN(CC)S(=O)(=O)c1ccc(C)c(C(=O)OCC(=O)c2[nH]c(C)c(C(=O)OC)c2C)c1. The zero-order chi connectivity index (χ0) is 24.2. The average Bonchev–Trinajstić information content (AvgIpc) is 3.06. The molecule has 0 aliphatic rings. The molecule has 2 aromatic rings. The van der Waals surface area contributed by atoms with E-state index >= 15 is 0 Å². The lowest BCUT2D eigenvalue weighted by atomic mass is 10.1. The van der Waals surface area contributed by atoms with Gasteiger partial charge in [0.05, 0.1) is 28.8 Å². The summed E-state index contributed by atoms with van der Waals surface area (Å²) < 4.78 is 36.7. The van der Waals surface area contributed by atoms with Gasteiger partial charge in [0.1, 0.15) is 0 Å². The number of carbonyl (C=O) groups excluding carboxylic acids is 3. The van der Waals surface area contributed by atoms with E-state index in [0.717, 1.165) is 0 Å². The van der Waals surface area contributed by atoms with Crippen LogP contribution in [0.4, 0.5) is 0 Å². The van der Waals surface area contributed by atoms with Crippen molar-refractivity contribution in [1.29, 1.82) is 0 Å². The van der Waals surface area contributed by atoms with Crippen LogP contribution in [0.2, 0.25) is 0 Å². The number of methoxy groups -OCH3 is 1. The fourth-order valence-corrected chi connectivity index (χ4v) is 4.90. The van der Waals surface area contributed by atoms with Crippen molar-refractivity contribution in [2.24, 2.45) is 0 Å². The molecule has 32 heavy (non-hydrogen) atoms. The number of ether oxygens (including phenoxy) is 2. The number of hydrogen-bond donors (Lipinski definition) is 1. The van der Waals surface area contributed by atoms with Gasteiger partial charge in [0.2, 0.25) is 15.8 Å². The maximum Gasteiger partial charge on any atom is 0.339 e. The predicted molar refractivity (Wildman–Crippen MR) is 118 cm³/mol. The Kier molecular flexibility index (Phi) is 7.97. The first kappa shape index (κ1) is 25.3. The van der Waals surface area contributed by atoms with Crippen LogP contribution in [-0.2, 0) is 19.5 Å². The van der Waals surface area contributed by atoms with Crippen molar-refractivity contribution in [3.63, 3.8) is 0 Å². The van der Waals surface area contributed by atoms with Crippen molar-refractivity contribution in [3.05, 3.63) is 51.8 Å². The Labute approximate surface area is 187 Å². The Bertz CT molecular complexity index is 1150. The Morgan fingerprint density at radius 1 is 1.03 bits per heavy atom. The minimum Gasteiger partial charge on any atom is -0.465 e. The van der Waals surface area contributed by atoms with Gasteiger partial charge in [-0.05, 0) is 44.0 Å². The quantitative estimate of drug-likeness (QED) is 0.447. The summed E-state index contributed by atoms with van der Waals surface area (Å²) in [5.74, 6) is -1.92. The summed E-state index contributed by atoms with van der Waals surface area (Å²) >= 11 is 0. The highest BCUT2D eigenvalue weighted by Gasteiger charge is 2.26. The third-order valence-corrected chi connectivity index (χ3v) is 7.26. The fraction of sp³-hybridized carbons (Fsp3) is 0.409. The molecule has 0 amide bonds. The molecule has 0 fully saturated rings. The van der Waals surface area contributed by atoms with Crippen molar-refractivity contribution in [2.75, 3.05) is 26.8 Å². The smallest absolute Gasteiger partial charge is 0.339 e. The molecule has 2 rings (SSSR count). The number of rotatable bonds is 9. The summed E-state index contributed by atoms with van der Waals surface area (Å²) in [6.45, 7) is 8.34. The number of hydrogen-bond acceptors (Lipinski definition) is 7. The summed E-state index contributed by atoms with van der Waals surface area (Å²) in [6, 6.07) is 4.22. The van der Waals surface area contributed by atoms with Gasteiger partial charge in [-0.25, -0.2) is 18.0 Å². The molecular formula is C22H28N2O7S. The third-order valence-electron chi connectivity index (χ3n) is 5.21. The van der Waals surface area contributed by atoms with Crippen molar-refractivity contribution >= 4 is 27.7 Å². The van der Waals surface area contributed by atoms with Crippen LogP contribution in [-0.4, -0.2) is 62.2 Å². The zero-order valence-corrected chi connectivity index (χ0v) is 19.9. The first-order valence-corrected chi connectivity index (χ1v) is 11.5. The van der Waals surface area contributed by atoms with Crippen LogP contribution in [0.15, 0.2) is 23.1 Å². The number of nitrogens with one attached hydrogen (secondary N) is 1. The predicted octanol–water partition coefficient (Wildman–Crippen LogP) is 2.80. The molecule has 0 bridgehead atoms. The molecule has 10 heteroatoms. The molecule has 0 atom stereocenters. The van der Waals surface area contributed by atoms with Crippen LogP contribution in [0.1, 0.15) is 61.9 Å². The molecule has 174 valence electrons. The van der Waals surface area contributed by atoms with Crippen LogP contribution < -0.4 is 0 Å². The van der Waals surface area contributed by atoms with Gasteiger partial charge >= 0.3 is 11.9 Å². The summed E-state index contributed by atoms with van der Waals surface area (Å²) in [4.78, 5) is 39.9. The topological polar surface area (TPSA) is 123 Å². The number of aryl methyl sites for hydroxylation is 2. The van der Waals surface area contributed by atoms with E-state index in [0.29, 0.717) is 29.9 Å². The normalized spacial score (nSPS) is 11.5. The van der Waals surface area contributed by atoms with Crippen LogP contribution in [0, 0.1) is 20.8 Å². The molecule has 1 aromatic heterocycles. The summed E-state index contributed by atoms with van der Waals surface area (Å²) in [5.41, 5.74) is 1.84. The van der Waals surface area contributed by atoms with Gasteiger partial charge in [-0.1, -0.05) is 19.9 Å². The third kappa shape index (κ3) is 4.91. The van der Waals surface area contributed by atoms with Gasteiger partial charge in [0.15, 0.2) is 6.61 Å². The van der Waals surface area contributed by atoms with Gasteiger partial charge in [-0.15, -0.1) is 0 Å². The number of carbonyl (C=O) groups is 3. The number of sulfonamides is 1. The first-order chi connectivity index (χ1) is 15.0. The van der Waals surface area contributed by atoms with Gasteiger partial charge in [-0.3, -0.25) is 4.79 Å². The van der Waals surface area contributed by atoms with E-state index in [2.05, 4.69) is 4.98 Å². The second kappa shape index (κ2) is 10.1. The lowest BCUT2D eigenvalue weighted by Crippen LogP contribution is -2.30. The highest BCUT2D eigenvalue weighted by atomic mass is 32.2. The number of Topliss-reactive ketones (excluding diaryl/α,β-unsaturated/α-hetero) is 1. The van der Waals surface area contributed by atoms with Gasteiger partial charge in [0, 0.05) is 18.8 Å². The highest BCUT2D eigenvalue weighted by molar-refractivity contribution is 7.89. The number of nitrogens with zero attached hydrogens (tertiary/aromatic N) is 1. The molecule has 9 nitrogen and oxygen atoms in total. The van der Waals surface area contributed by atoms with E-state index in [1.165, 1.54) is 29.6 Å². The molecule has 0 aliphatic carbocycles. The molecule has 0 radical (unpaired) electrons. The first-order valence-electron chi connectivity index (χ1n) is 10.1. The van der Waals surface area contributed by atoms with E-state index in [9.17, 15) is 22.8 Å². The summed E-state index contributed by atoms with van der Waals surface area (Å²) in [6.07, 6.45) is 0. The zero-order valence-electron chi connectivity index (χ0n) is 19.1. The number of benzene rings is 1. The van der Waals surface area contributed by atoms with E-state index in [-0.39, 0.29) is 21.7 Å². The number of aromatic nitrogens is 1. The van der Waals surface area contributed by atoms with Gasteiger partial charge < -0.3 is 14.5 Å². The second-order valence-electron chi connectivity index (χ2n) is 7.18. The van der Waals surface area contributed by atoms with Crippen molar-refractivity contribution in [2.45, 2.75) is 39.5 Å². The second-order valence-corrected chi connectivity index (χ2v) is 9.12. The Hall–Kier alpha value is -2.98. The average molecular weight is 465 g/mol. The lowest BCUT2D eigenvalue weighted by Gasteiger charge is -2.19. The van der Waals surface area contributed by atoms with Gasteiger partial charge in [0.25, 0.3) is 0 Å². The molecule has 0 aliphatic heterocycles. The van der Waals surface area contributed by atoms with Crippen LogP contribution in [0.25, 0.3) is 0 Å². The maximum absolute atomic E-state index is 12.8. The van der Waals surface area contributed by atoms with Crippen LogP contribution in [0.3, 0.4) is 0 Å². The summed E-state index contributed by atoms with van der Waals surface area (Å²) in [5, 5.41) is 0. The molecule has 0 unspecified atom stereocenters. The van der Waals surface area contributed by atoms with Crippen molar-refractivity contribution in [3.8, 4) is 0 Å². The number of ketones is 1. The largest absolute Gasteiger partial charge is 0.465 e. The monoisotopic (exact) mass is 464 g/mol. The highest BCUT2D eigenvalue weighted by Crippen LogP contribution is 2.22. The van der Waals surface area contributed by atoms with E-state index in [1.807, 2.05) is 0 Å². The van der Waals surface area contributed by atoms with Crippen LogP contribution >= 0.6 is 0 Å². The molecule has 1 heterocycles. The summed E-state index contributed by atoms with van der Waals surface area (Å²) in [7, 11) is -2.51. The Morgan fingerprint density at radius 3 is 2.22 bits per heavy atom. The van der Waals surface area contributed by atoms with Crippen LogP contribution in [0.5, 0.6) is 0 Å². The molecule has 0 saturated heterocycles. The van der Waals surface area contributed by atoms with E-state index in [1.54, 1.807) is 34.6 Å². The Balaban J connectivity index is 2.24. The standard InChI is InChI=1S/C22H28N2O7S/c1-7-24(8-2)32(28,29)16-10-9-13(3)17(11-16)21(26)31-12-18(25)20-14(4)19(15(5)23-20)22(27)30-6/h9-11,23H,7-8,12H2,1-6H3. The number of esters is 2. The fourth-order valence-electron chi connectivity index (χ4n) is 3.41. The maximum atomic E-state index is 12.8. The lowest BCUT2D eigenvalue weighted by molar-refractivity contribution is 0.0472. The molecule has 1 aromatic carbocycles. The molecule has 0 spiro atoms. The Morgan fingerprint density at radius 2 is 1.66 bits per heavy atom. The minimum absolute atomic E-state index is 0.0244. The van der Waals surface area contributed by atoms with Crippen molar-refractivity contribution < 1.29 is 32.3 Å². The number of H-pyrrole nitrogens is 1. The van der Waals surface area contributed by atoms with Gasteiger partial charge in [-0.2, -0.15) is 4.31 Å². The molecule has 1 N–H and O–H groups in total. The number of aromatic amines is 1. The minimum atomic E-state index is -3.76. The van der Waals surface area contributed by atoms with Crippen molar-refractivity contribution in [1.82, 2.24) is 9.29 Å². The van der Waals surface area contributed by atoms with E-state index < -0.39 is 34.4 Å². The molecule has 0 saturated carbocycles. The van der Waals surface area contributed by atoms with E-state index in [4.69, 9.17) is 9.47 Å². The molecular weight excluding hydrogens is 436 g/mol.